The molecule has 1 unspecified atom stereocenters. The fourth-order valence-corrected chi connectivity index (χ4v) is 2.35. The Morgan fingerprint density at radius 1 is 1.20 bits per heavy atom. The lowest BCUT2D eigenvalue weighted by Crippen LogP contribution is -2.27. The molecule has 20 heavy (non-hydrogen) atoms. The molecule has 1 aliphatic heterocycles. The van der Waals surface area contributed by atoms with E-state index in [4.69, 9.17) is 10.5 Å². The first-order valence-corrected chi connectivity index (χ1v) is 6.15. The van der Waals surface area contributed by atoms with Gasteiger partial charge in [0.2, 0.25) is 0 Å². The molecule has 2 aromatic rings. The fraction of sp³-hybridized carbons (Fsp3) is 0.133. The number of methoxy groups -OCH3 is 1. The van der Waals surface area contributed by atoms with Gasteiger partial charge in [-0.3, -0.25) is 9.69 Å². The molecule has 0 fully saturated rings. The summed E-state index contributed by atoms with van der Waals surface area (Å²) in [6.07, 6.45) is 0. The first-order valence-electron chi connectivity index (χ1n) is 6.15. The van der Waals surface area contributed by atoms with E-state index in [1.54, 1.807) is 37.4 Å². The maximum absolute atomic E-state index is 13.0. The summed E-state index contributed by atoms with van der Waals surface area (Å²) in [6, 6.07) is 10.3. The maximum Gasteiger partial charge on any atom is 0.253 e. The van der Waals surface area contributed by atoms with E-state index in [1.165, 1.54) is 17.0 Å². The molecule has 1 aliphatic rings. The van der Waals surface area contributed by atoms with Crippen LogP contribution >= 0.6 is 0 Å². The van der Waals surface area contributed by atoms with Crippen molar-refractivity contribution in [3.63, 3.8) is 0 Å². The van der Waals surface area contributed by atoms with Gasteiger partial charge in [0, 0.05) is 17.3 Å². The smallest absolute Gasteiger partial charge is 0.253 e. The molecule has 1 atom stereocenters. The number of carbonyl (C=O) groups excluding carboxylic acids is 1. The molecule has 0 saturated carbocycles. The van der Waals surface area contributed by atoms with E-state index in [0.717, 1.165) is 5.56 Å². The van der Waals surface area contributed by atoms with Crippen LogP contribution in [0.25, 0.3) is 0 Å². The molecule has 2 N–H and O–H groups in total. The van der Waals surface area contributed by atoms with Crippen molar-refractivity contribution < 1.29 is 13.9 Å². The van der Waals surface area contributed by atoms with Crippen LogP contribution in [0.3, 0.4) is 0 Å². The number of anilines is 2. The van der Waals surface area contributed by atoms with E-state index < -0.39 is 6.04 Å². The van der Waals surface area contributed by atoms with Gasteiger partial charge in [-0.1, -0.05) is 6.07 Å². The number of amides is 1. The standard InChI is InChI=1S/C15H13FN2O2/c1-20-11-6-7-12-13(8-11)18(15(19)14(12)17)10-4-2-9(16)3-5-10/h2-8,14H,17H2,1H3. The topological polar surface area (TPSA) is 55.6 Å². The highest BCUT2D eigenvalue weighted by Gasteiger charge is 2.36. The van der Waals surface area contributed by atoms with E-state index in [-0.39, 0.29) is 11.7 Å². The Kier molecular flexibility index (Phi) is 2.91. The van der Waals surface area contributed by atoms with E-state index in [9.17, 15) is 9.18 Å². The van der Waals surface area contributed by atoms with E-state index >= 15 is 0 Å². The number of halogens is 1. The van der Waals surface area contributed by atoms with Crippen LogP contribution < -0.4 is 15.4 Å². The van der Waals surface area contributed by atoms with Gasteiger partial charge in [0.05, 0.1) is 12.8 Å². The highest BCUT2D eigenvalue weighted by molar-refractivity contribution is 6.10. The molecule has 1 heterocycles. The second kappa shape index (κ2) is 4.61. The first-order chi connectivity index (χ1) is 9.61. The molecule has 0 aliphatic carbocycles. The van der Waals surface area contributed by atoms with Gasteiger partial charge in [-0.05, 0) is 30.3 Å². The van der Waals surface area contributed by atoms with Crippen LogP contribution in [-0.4, -0.2) is 13.0 Å². The maximum atomic E-state index is 13.0. The van der Waals surface area contributed by atoms with Crippen LogP contribution in [0.15, 0.2) is 42.5 Å². The lowest BCUT2D eigenvalue weighted by molar-refractivity contribution is -0.118. The second-order valence-electron chi connectivity index (χ2n) is 4.55. The molecule has 0 saturated heterocycles. The molecule has 0 aromatic heterocycles. The fourth-order valence-electron chi connectivity index (χ4n) is 2.35. The summed E-state index contributed by atoms with van der Waals surface area (Å²) in [5.41, 5.74) is 7.93. The Morgan fingerprint density at radius 3 is 2.55 bits per heavy atom. The molecule has 3 rings (SSSR count). The minimum absolute atomic E-state index is 0.236. The van der Waals surface area contributed by atoms with Crippen molar-refractivity contribution in [1.82, 2.24) is 0 Å². The predicted molar refractivity (Wildman–Crippen MR) is 73.5 cm³/mol. The van der Waals surface area contributed by atoms with Crippen LogP contribution in [0.4, 0.5) is 15.8 Å². The summed E-state index contributed by atoms with van der Waals surface area (Å²) in [7, 11) is 1.56. The first kappa shape index (κ1) is 12.6. The molecule has 0 spiro atoms. The monoisotopic (exact) mass is 272 g/mol. The van der Waals surface area contributed by atoms with Gasteiger partial charge in [0.1, 0.15) is 17.6 Å². The van der Waals surface area contributed by atoms with E-state index in [0.29, 0.717) is 17.1 Å². The SMILES string of the molecule is COc1ccc2c(c1)N(c1ccc(F)cc1)C(=O)C2N. The van der Waals surface area contributed by atoms with Crippen LogP contribution in [0.2, 0.25) is 0 Å². The Labute approximate surface area is 115 Å². The van der Waals surface area contributed by atoms with Crippen LogP contribution in [0.1, 0.15) is 11.6 Å². The van der Waals surface area contributed by atoms with Crippen molar-refractivity contribution in [2.45, 2.75) is 6.04 Å². The zero-order valence-corrected chi connectivity index (χ0v) is 10.8. The van der Waals surface area contributed by atoms with E-state index in [2.05, 4.69) is 0 Å². The van der Waals surface area contributed by atoms with Gasteiger partial charge in [0.15, 0.2) is 0 Å². The lowest BCUT2D eigenvalue weighted by atomic mass is 10.1. The minimum Gasteiger partial charge on any atom is -0.497 e. The Hall–Kier alpha value is -2.40. The average molecular weight is 272 g/mol. The van der Waals surface area contributed by atoms with Crippen LogP contribution in [0, 0.1) is 5.82 Å². The third-order valence-corrected chi connectivity index (χ3v) is 3.38. The summed E-state index contributed by atoms with van der Waals surface area (Å²) in [6.45, 7) is 0. The normalized spacial score (nSPS) is 17.2. The molecular weight excluding hydrogens is 259 g/mol. The number of hydrogen-bond acceptors (Lipinski definition) is 3. The van der Waals surface area contributed by atoms with Crippen molar-refractivity contribution in [2.24, 2.45) is 5.73 Å². The number of rotatable bonds is 2. The lowest BCUT2D eigenvalue weighted by Gasteiger charge is -2.18. The average Bonchev–Trinajstić information content (AvgIpc) is 2.72. The number of nitrogens with zero attached hydrogens (tertiary/aromatic N) is 1. The zero-order valence-electron chi connectivity index (χ0n) is 10.8. The number of ether oxygens (including phenoxy) is 1. The van der Waals surface area contributed by atoms with Gasteiger partial charge in [-0.25, -0.2) is 4.39 Å². The summed E-state index contributed by atoms with van der Waals surface area (Å²) in [5.74, 6) is 0.0492. The number of carbonyl (C=O) groups is 1. The van der Waals surface area contributed by atoms with E-state index in [1.807, 2.05) is 0 Å². The highest BCUT2D eigenvalue weighted by Crippen LogP contribution is 2.41. The second-order valence-corrected chi connectivity index (χ2v) is 4.55. The largest absolute Gasteiger partial charge is 0.497 e. The van der Waals surface area contributed by atoms with Crippen LogP contribution in [0.5, 0.6) is 5.75 Å². The Bertz CT molecular complexity index is 670. The molecule has 5 heteroatoms. The number of fused-ring (bicyclic) bond motifs is 1. The Morgan fingerprint density at radius 2 is 1.90 bits per heavy atom. The highest BCUT2D eigenvalue weighted by atomic mass is 19.1. The predicted octanol–water partition coefficient (Wildman–Crippen LogP) is 2.51. The number of nitrogens with two attached hydrogens (primary N) is 1. The van der Waals surface area contributed by atoms with Crippen LogP contribution in [-0.2, 0) is 4.79 Å². The minimum atomic E-state index is -0.707. The third-order valence-electron chi connectivity index (χ3n) is 3.38. The van der Waals surface area contributed by atoms with Gasteiger partial charge < -0.3 is 10.5 Å². The summed E-state index contributed by atoms with van der Waals surface area (Å²) < 4.78 is 18.2. The molecular formula is C15H13FN2O2. The van der Waals surface area contributed by atoms with Crippen molar-refractivity contribution in [3.05, 3.63) is 53.8 Å². The number of hydrogen-bond donors (Lipinski definition) is 1. The molecule has 2 aromatic carbocycles. The Balaban J connectivity index is 2.13. The van der Waals surface area contributed by atoms with Crippen molar-refractivity contribution in [3.8, 4) is 5.75 Å². The molecule has 0 radical (unpaired) electrons. The van der Waals surface area contributed by atoms with Gasteiger partial charge in [-0.2, -0.15) is 0 Å². The summed E-state index contributed by atoms with van der Waals surface area (Å²) >= 11 is 0. The van der Waals surface area contributed by atoms with Gasteiger partial charge in [-0.15, -0.1) is 0 Å². The summed E-state index contributed by atoms with van der Waals surface area (Å²) in [5, 5.41) is 0. The van der Waals surface area contributed by atoms with Gasteiger partial charge >= 0.3 is 0 Å². The summed E-state index contributed by atoms with van der Waals surface area (Å²) in [4.78, 5) is 13.8. The molecule has 0 bridgehead atoms. The molecule has 4 nitrogen and oxygen atoms in total. The van der Waals surface area contributed by atoms with Gasteiger partial charge in [0.25, 0.3) is 5.91 Å². The van der Waals surface area contributed by atoms with Crippen molar-refractivity contribution in [1.29, 1.82) is 0 Å². The quantitative estimate of drug-likeness (QED) is 0.914. The molecule has 1 amide bonds. The van der Waals surface area contributed by atoms with Crippen molar-refractivity contribution in [2.75, 3.05) is 12.0 Å². The zero-order chi connectivity index (χ0) is 14.3. The van der Waals surface area contributed by atoms with Crippen molar-refractivity contribution >= 4 is 17.3 Å². The molecule has 102 valence electrons. The third kappa shape index (κ3) is 1.83. The number of benzene rings is 2.